The van der Waals surface area contributed by atoms with Gasteiger partial charge >= 0.3 is 5.97 Å². The van der Waals surface area contributed by atoms with Crippen molar-refractivity contribution in [3.05, 3.63) is 0 Å². The number of ether oxygens (including phenoxy) is 1. The lowest BCUT2D eigenvalue weighted by Crippen LogP contribution is -2.05. The van der Waals surface area contributed by atoms with Crippen LogP contribution in [0.1, 0.15) is 309 Å². The van der Waals surface area contributed by atoms with Gasteiger partial charge in [0.15, 0.2) is 0 Å². The predicted molar refractivity (Wildman–Crippen MR) is 235 cm³/mol. The maximum atomic E-state index is 12.0. The highest BCUT2D eigenvalue weighted by Gasteiger charge is 2.03. The van der Waals surface area contributed by atoms with Crippen LogP contribution in [0.25, 0.3) is 0 Å². The van der Waals surface area contributed by atoms with Crippen LogP contribution in [0.4, 0.5) is 0 Å². The van der Waals surface area contributed by atoms with Gasteiger partial charge in [0.25, 0.3) is 0 Å². The Bertz CT molecular complexity index is 630. The largest absolute Gasteiger partial charge is 0.466 e. The number of carbonyl (C=O) groups excluding carboxylic acids is 1. The first-order chi connectivity index (χ1) is 25.8. The quantitative estimate of drug-likeness (QED) is 0.0460. The smallest absolute Gasteiger partial charge is 0.305 e. The molecular formula is C50H100O2. The van der Waals surface area contributed by atoms with Crippen LogP contribution in [-0.4, -0.2) is 12.6 Å². The normalized spacial score (nSPS) is 11.5. The van der Waals surface area contributed by atoms with Crippen molar-refractivity contribution in [3.8, 4) is 0 Å². The first-order valence-electron chi connectivity index (χ1n) is 25.0. The summed E-state index contributed by atoms with van der Waals surface area (Å²) >= 11 is 0. The Kier molecular flexibility index (Phi) is 48.0. The van der Waals surface area contributed by atoms with Gasteiger partial charge in [0.2, 0.25) is 0 Å². The van der Waals surface area contributed by atoms with Gasteiger partial charge in [-0.1, -0.05) is 290 Å². The summed E-state index contributed by atoms with van der Waals surface area (Å²) in [4.78, 5) is 12.0. The van der Waals surface area contributed by atoms with Crippen molar-refractivity contribution in [1.29, 1.82) is 0 Å². The van der Waals surface area contributed by atoms with Crippen LogP contribution < -0.4 is 0 Å². The molecule has 0 heterocycles. The Morgan fingerprint density at radius 1 is 0.250 bits per heavy atom. The molecule has 0 radical (unpaired) electrons. The Morgan fingerprint density at radius 3 is 0.635 bits per heavy atom. The van der Waals surface area contributed by atoms with Crippen molar-refractivity contribution in [3.63, 3.8) is 0 Å². The Labute approximate surface area is 330 Å². The first-order valence-corrected chi connectivity index (χ1v) is 25.0. The van der Waals surface area contributed by atoms with Crippen LogP contribution in [0.3, 0.4) is 0 Å². The van der Waals surface area contributed by atoms with Crippen molar-refractivity contribution >= 4 is 5.97 Å². The summed E-state index contributed by atoms with van der Waals surface area (Å²) in [5.74, 6) is 0.0305. The second-order valence-electron chi connectivity index (χ2n) is 17.2. The standard InChI is InChI=1S/C50H100O2/c1-3-5-7-9-11-13-15-16-17-18-19-20-21-22-23-24-25-26-27-28-29-30-31-32-33-34-35-36-37-38-40-42-44-46-48-50(51)52-49-47-45-43-41-39-14-12-10-8-6-4-2/h3-49H2,1-2H3. The first kappa shape index (κ1) is 51.5. The minimum Gasteiger partial charge on any atom is -0.466 e. The Morgan fingerprint density at radius 2 is 0.423 bits per heavy atom. The van der Waals surface area contributed by atoms with Crippen molar-refractivity contribution in [2.75, 3.05) is 6.61 Å². The van der Waals surface area contributed by atoms with Gasteiger partial charge in [-0.15, -0.1) is 0 Å². The van der Waals surface area contributed by atoms with Crippen LogP contribution in [0.5, 0.6) is 0 Å². The van der Waals surface area contributed by atoms with Gasteiger partial charge in [-0.3, -0.25) is 4.79 Å². The van der Waals surface area contributed by atoms with E-state index < -0.39 is 0 Å². The van der Waals surface area contributed by atoms with E-state index in [0.29, 0.717) is 13.0 Å². The van der Waals surface area contributed by atoms with Crippen LogP contribution in [0.15, 0.2) is 0 Å². The third-order valence-electron chi connectivity index (χ3n) is 11.7. The van der Waals surface area contributed by atoms with E-state index >= 15 is 0 Å². The van der Waals surface area contributed by atoms with Crippen LogP contribution in [0, 0.1) is 0 Å². The average Bonchev–Trinajstić information content (AvgIpc) is 3.15. The lowest BCUT2D eigenvalue weighted by Gasteiger charge is -2.06. The number of rotatable bonds is 47. The van der Waals surface area contributed by atoms with E-state index in [-0.39, 0.29) is 5.97 Å². The summed E-state index contributed by atoms with van der Waals surface area (Å²) in [5.41, 5.74) is 0. The fourth-order valence-electron chi connectivity index (χ4n) is 8.02. The molecule has 0 atom stereocenters. The fourth-order valence-corrected chi connectivity index (χ4v) is 8.02. The molecule has 0 aromatic heterocycles. The van der Waals surface area contributed by atoms with Crippen molar-refractivity contribution in [1.82, 2.24) is 0 Å². The van der Waals surface area contributed by atoms with Gasteiger partial charge < -0.3 is 4.74 Å². The van der Waals surface area contributed by atoms with E-state index in [9.17, 15) is 4.79 Å². The maximum Gasteiger partial charge on any atom is 0.305 e. The summed E-state index contributed by atoms with van der Waals surface area (Å²) in [7, 11) is 0. The summed E-state index contributed by atoms with van der Waals surface area (Å²) in [5, 5.41) is 0. The van der Waals surface area contributed by atoms with Crippen molar-refractivity contribution in [2.45, 2.75) is 309 Å². The molecule has 0 aromatic carbocycles. The minimum atomic E-state index is 0.0305. The molecule has 0 aliphatic carbocycles. The molecule has 0 amide bonds. The molecule has 0 fully saturated rings. The van der Waals surface area contributed by atoms with Gasteiger partial charge in [-0.2, -0.15) is 0 Å². The van der Waals surface area contributed by atoms with Gasteiger partial charge in [0.05, 0.1) is 6.61 Å². The second kappa shape index (κ2) is 48.5. The number of hydrogen-bond donors (Lipinski definition) is 0. The molecule has 0 rings (SSSR count). The topological polar surface area (TPSA) is 26.3 Å². The molecule has 0 aromatic rings. The van der Waals surface area contributed by atoms with Crippen LogP contribution in [-0.2, 0) is 9.53 Å². The lowest BCUT2D eigenvalue weighted by molar-refractivity contribution is -0.143. The number of carbonyl (C=O) groups is 1. The summed E-state index contributed by atoms with van der Waals surface area (Å²) in [6.07, 6.45) is 64.0. The summed E-state index contributed by atoms with van der Waals surface area (Å²) < 4.78 is 5.46. The fraction of sp³-hybridized carbons (Fsp3) is 0.980. The molecule has 312 valence electrons. The average molecular weight is 733 g/mol. The molecule has 0 bridgehead atoms. The molecule has 0 N–H and O–H groups in total. The zero-order valence-electron chi connectivity index (χ0n) is 36.6. The number of unbranched alkanes of at least 4 members (excludes halogenated alkanes) is 43. The van der Waals surface area contributed by atoms with Gasteiger partial charge in [0.1, 0.15) is 0 Å². The highest BCUT2D eigenvalue weighted by atomic mass is 16.5. The zero-order valence-corrected chi connectivity index (χ0v) is 36.6. The minimum absolute atomic E-state index is 0.0305. The van der Waals surface area contributed by atoms with Gasteiger partial charge in [-0.05, 0) is 12.8 Å². The van der Waals surface area contributed by atoms with E-state index in [2.05, 4.69) is 13.8 Å². The molecule has 0 aliphatic heterocycles. The molecule has 0 aliphatic rings. The number of hydrogen-bond acceptors (Lipinski definition) is 2. The Hall–Kier alpha value is -0.530. The highest BCUT2D eigenvalue weighted by molar-refractivity contribution is 5.69. The second-order valence-corrected chi connectivity index (χ2v) is 17.2. The van der Waals surface area contributed by atoms with Gasteiger partial charge in [0, 0.05) is 6.42 Å². The molecular weight excluding hydrogens is 633 g/mol. The predicted octanol–water partition coefficient (Wildman–Crippen LogP) is 18.5. The number of esters is 1. The molecule has 2 nitrogen and oxygen atoms in total. The molecule has 0 saturated heterocycles. The Balaban J connectivity index is 3.11. The molecule has 0 unspecified atom stereocenters. The molecule has 52 heavy (non-hydrogen) atoms. The summed E-state index contributed by atoms with van der Waals surface area (Å²) in [6.45, 7) is 5.22. The lowest BCUT2D eigenvalue weighted by atomic mass is 10.0. The van der Waals surface area contributed by atoms with E-state index in [1.807, 2.05) is 0 Å². The molecule has 0 spiro atoms. The van der Waals surface area contributed by atoms with E-state index in [1.54, 1.807) is 0 Å². The van der Waals surface area contributed by atoms with Gasteiger partial charge in [-0.25, -0.2) is 0 Å². The molecule has 0 saturated carbocycles. The maximum absolute atomic E-state index is 12.0. The van der Waals surface area contributed by atoms with E-state index in [0.717, 1.165) is 12.8 Å². The van der Waals surface area contributed by atoms with Crippen molar-refractivity contribution < 1.29 is 9.53 Å². The highest BCUT2D eigenvalue weighted by Crippen LogP contribution is 2.18. The van der Waals surface area contributed by atoms with Crippen LogP contribution >= 0.6 is 0 Å². The third kappa shape index (κ3) is 47.5. The zero-order chi connectivity index (χ0) is 37.5. The summed E-state index contributed by atoms with van der Waals surface area (Å²) in [6, 6.07) is 0. The van der Waals surface area contributed by atoms with E-state index in [4.69, 9.17) is 4.74 Å². The molecule has 2 heteroatoms. The SMILES string of the molecule is CCCCCCCCCCCCCCCCCCCCCCCCCCCCCCCCCCCCC(=O)OCCCCCCCCCCCCC. The monoisotopic (exact) mass is 733 g/mol. The van der Waals surface area contributed by atoms with Crippen LogP contribution in [0.2, 0.25) is 0 Å². The third-order valence-corrected chi connectivity index (χ3v) is 11.7. The van der Waals surface area contributed by atoms with Crippen molar-refractivity contribution in [2.24, 2.45) is 0 Å². The van der Waals surface area contributed by atoms with E-state index in [1.165, 1.54) is 276 Å².